The van der Waals surface area contributed by atoms with Crippen molar-refractivity contribution in [2.75, 3.05) is 0 Å². The number of amides is 1. The molecule has 33 valence electrons. The second kappa shape index (κ2) is 2.26. The lowest BCUT2D eigenvalue weighted by molar-refractivity contribution is 0.198. The average molecular weight is 86.1 g/mol. The average Bonchev–Trinajstić information content (AvgIpc) is 1.35. The third kappa shape index (κ3) is 3.01. The van der Waals surface area contributed by atoms with E-state index in [0.717, 1.165) is 6.20 Å². The Kier molecular flexibility index (Phi) is 1.89. The van der Waals surface area contributed by atoms with Crippen molar-refractivity contribution >= 4 is 6.09 Å². The summed E-state index contributed by atoms with van der Waals surface area (Å²) in [6.07, 6.45) is -0.292. The van der Waals surface area contributed by atoms with Gasteiger partial charge in [0.25, 0.3) is 0 Å². The maximum Gasteiger partial charge on any atom is 0.408 e. The number of carbonyl (C=O) groups is 1. The van der Waals surface area contributed by atoms with E-state index in [2.05, 4.69) is 6.58 Å². The molecular weight excluding hydrogens is 82.0 g/mol. The predicted octanol–water partition coefficient (Wildman–Crippen LogP) is 0.201. The van der Waals surface area contributed by atoms with Crippen molar-refractivity contribution in [2.45, 2.75) is 0 Å². The van der Waals surface area contributed by atoms with Crippen LogP contribution in [-0.2, 0) is 0 Å². The highest BCUT2D eigenvalue weighted by atomic mass is 16.4. The van der Waals surface area contributed by atoms with Crippen molar-refractivity contribution in [1.29, 1.82) is 0 Å². The third-order valence-corrected chi connectivity index (χ3v) is 0.207. The second-order valence-corrected chi connectivity index (χ2v) is 0.616. The second-order valence-electron chi connectivity index (χ2n) is 0.616. The van der Waals surface area contributed by atoms with Gasteiger partial charge in [0.05, 0.1) is 0 Å². The van der Waals surface area contributed by atoms with Gasteiger partial charge in [-0.2, -0.15) is 0 Å². The molecule has 0 aliphatic rings. The number of hydrogen-bond donors (Lipinski definition) is 2. The van der Waals surface area contributed by atoms with Crippen LogP contribution in [0.5, 0.6) is 0 Å². The summed E-state index contributed by atoms with van der Waals surface area (Å²) in [5.74, 6) is 0. The molecule has 0 aliphatic carbocycles. The van der Waals surface area contributed by atoms with Crippen molar-refractivity contribution in [3.8, 4) is 0 Å². The van der Waals surface area contributed by atoms with Crippen LogP contribution in [0.15, 0.2) is 6.20 Å². The molecule has 1 radical (unpaired) electrons. The van der Waals surface area contributed by atoms with E-state index in [0.29, 0.717) is 0 Å². The Morgan fingerprint density at radius 3 is 2.50 bits per heavy atom. The molecule has 1 amide bonds. The van der Waals surface area contributed by atoms with Crippen LogP contribution in [0, 0.1) is 6.58 Å². The summed E-state index contributed by atoms with van der Waals surface area (Å²) in [6, 6.07) is 0. The standard InChI is InChI=1S/C3H4NO2/c1-2-4-3(5)6/h1-2,4H,(H,5,6). The molecule has 0 atom stereocenters. The van der Waals surface area contributed by atoms with Crippen LogP contribution in [0.4, 0.5) is 4.79 Å². The zero-order chi connectivity index (χ0) is 4.99. The van der Waals surface area contributed by atoms with Crippen molar-refractivity contribution in [3.63, 3.8) is 0 Å². The number of rotatable bonds is 1. The van der Waals surface area contributed by atoms with E-state index in [4.69, 9.17) is 5.11 Å². The van der Waals surface area contributed by atoms with Crippen molar-refractivity contribution < 1.29 is 9.90 Å². The molecule has 0 saturated carbocycles. The molecule has 0 rings (SSSR count). The van der Waals surface area contributed by atoms with Crippen LogP contribution in [-0.4, -0.2) is 11.2 Å². The van der Waals surface area contributed by atoms with E-state index in [1.165, 1.54) is 0 Å². The fourth-order valence-corrected chi connectivity index (χ4v) is 0.0713. The summed E-state index contributed by atoms with van der Waals surface area (Å²) in [5.41, 5.74) is 0. The normalized spacial score (nSPS) is 6.67. The molecule has 0 aromatic carbocycles. The van der Waals surface area contributed by atoms with Crippen LogP contribution in [0.25, 0.3) is 0 Å². The Hall–Kier alpha value is -0.990. The lowest BCUT2D eigenvalue weighted by Gasteiger charge is -1.81. The molecule has 0 aliphatic heterocycles. The summed E-state index contributed by atoms with van der Waals surface area (Å²) in [6.45, 7) is 4.61. The highest BCUT2D eigenvalue weighted by Crippen LogP contribution is 1.54. The van der Waals surface area contributed by atoms with E-state index in [9.17, 15) is 4.79 Å². The number of hydrogen-bond acceptors (Lipinski definition) is 1. The molecule has 3 heteroatoms. The van der Waals surface area contributed by atoms with E-state index in [-0.39, 0.29) is 0 Å². The van der Waals surface area contributed by atoms with Gasteiger partial charge in [-0.05, 0) is 6.58 Å². The summed E-state index contributed by atoms with van der Waals surface area (Å²) in [5, 5.41) is 9.47. The first-order valence-corrected chi connectivity index (χ1v) is 1.30. The summed E-state index contributed by atoms with van der Waals surface area (Å²) in [4.78, 5) is 9.38. The fraction of sp³-hybridized carbons (Fsp3) is 0. The Morgan fingerprint density at radius 1 is 2.00 bits per heavy atom. The van der Waals surface area contributed by atoms with Gasteiger partial charge in [-0.3, -0.25) is 5.32 Å². The minimum atomic E-state index is -1.14. The first kappa shape index (κ1) is 5.01. The Balaban J connectivity index is 3.05. The Labute approximate surface area is 35.3 Å². The van der Waals surface area contributed by atoms with E-state index in [1.54, 1.807) is 5.32 Å². The van der Waals surface area contributed by atoms with Crippen LogP contribution in [0.3, 0.4) is 0 Å². The minimum Gasteiger partial charge on any atom is -0.465 e. The van der Waals surface area contributed by atoms with Gasteiger partial charge < -0.3 is 5.11 Å². The van der Waals surface area contributed by atoms with Crippen LogP contribution < -0.4 is 5.32 Å². The zero-order valence-electron chi connectivity index (χ0n) is 3.01. The lowest BCUT2D eigenvalue weighted by Crippen LogP contribution is -2.11. The fourth-order valence-electron chi connectivity index (χ4n) is 0.0713. The highest BCUT2D eigenvalue weighted by molar-refractivity contribution is 5.65. The molecule has 3 nitrogen and oxygen atoms in total. The van der Waals surface area contributed by atoms with Gasteiger partial charge in [0, 0.05) is 6.20 Å². The molecule has 0 aromatic rings. The SMILES string of the molecule is [CH]=CNC(=O)O. The van der Waals surface area contributed by atoms with Gasteiger partial charge in [0.15, 0.2) is 0 Å². The molecule has 0 bridgehead atoms. The quantitative estimate of drug-likeness (QED) is 0.479. The maximum absolute atomic E-state index is 9.38. The topological polar surface area (TPSA) is 49.3 Å². The smallest absolute Gasteiger partial charge is 0.408 e. The van der Waals surface area contributed by atoms with Gasteiger partial charge in [0.1, 0.15) is 0 Å². The monoisotopic (exact) mass is 86.0 g/mol. The Morgan fingerprint density at radius 2 is 2.50 bits per heavy atom. The number of carboxylic acid groups (broad SMARTS) is 1. The van der Waals surface area contributed by atoms with E-state index < -0.39 is 6.09 Å². The van der Waals surface area contributed by atoms with Crippen molar-refractivity contribution in [1.82, 2.24) is 5.32 Å². The Bertz CT molecular complexity index is 69.2. The van der Waals surface area contributed by atoms with Gasteiger partial charge >= 0.3 is 6.09 Å². The summed E-state index contributed by atoms with van der Waals surface area (Å²) < 4.78 is 0. The molecule has 0 heterocycles. The molecule has 6 heavy (non-hydrogen) atoms. The molecule has 0 spiro atoms. The molecular formula is C3H4NO2. The zero-order valence-corrected chi connectivity index (χ0v) is 3.01. The van der Waals surface area contributed by atoms with Crippen LogP contribution in [0.2, 0.25) is 0 Å². The van der Waals surface area contributed by atoms with Gasteiger partial charge in [-0.25, -0.2) is 4.79 Å². The van der Waals surface area contributed by atoms with Gasteiger partial charge in [-0.15, -0.1) is 0 Å². The highest BCUT2D eigenvalue weighted by Gasteiger charge is 1.80. The molecule has 0 aromatic heterocycles. The van der Waals surface area contributed by atoms with E-state index >= 15 is 0 Å². The number of nitrogens with one attached hydrogen (secondary N) is 1. The first-order chi connectivity index (χ1) is 2.77. The molecule has 2 N–H and O–H groups in total. The minimum absolute atomic E-state index is 0.850. The largest absolute Gasteiger partial charge is 0.465 e. The predicted molar refractivity (Wildman–Crippen MR) is 20.0 cm³/mol. The third-order valence-electron chi connectivity index (χ3n) is 0.207. The molecule has 0 saturated heterocycles. The lowest BCUT2D eigenvalue weighted by atomic mass is 11.0. The summed E-state index contributed by atoms with van der Waals surface area (Å²) in [7, 11) is 0. The van der Waals surface area contributed by atoms with Gasteiger partial charge in [0.2, 0.25) is 0 Å². The molecule has 0 fully saturated rings. The first-order valence-electron chi connectivity index (χ1n) is 1.30. The van der Waals surface area contributed by atoms with Crippen LogP contribution >= 0.6 is 0 Å². The summed E-state index contributed by atoms with van der Waals surface area (Å²) >= 11 is 0. The maximum atomic E-state index is 9.38. The van der Waals surface area contributed by atoms with Crippen LogP contribution in [0.1, 0.15) is 0 Å². The van der Waals surface area contributed by atoms with E-state index in [1.807, 2.05) is 0 Å². The molecule has 0 unspecified atom stereocenters. The van der Waals surface area contributed by atoms with Gasteiger partial charge in [-0.1, -0.05) is 0 Å². The van der Waals surface area contributed by atoms with Crippen molar-refractivity contribution in [3.05, 3.63) is 12.8 Å². The van der Waals surface area contributed by atoms with Crippen molar-refractivity contribution in [2.24, 2.45) is 0 Å².